The number of Topliss-reactive ketones (excluding diaryl/α,β-unsaturated/α-hetero) is 1. The highest BCUT2D eigenvalue weighted by molar-refractivity contribution is 5.94. The van der Waals surface area contributed by atoms with Crippen LogP contribution in [0.15, 0.2) is 24.3 Å². The second-order valence-electron chi connectivity index (χ2n) is 2.73. The summed E-state index contributed by atoms with van der Waals surface area (Å²) in [6.45, 7) is 1.67. The van der Waals surface area contributed by atoms with Crippen molar-refractivity contribution >= 4 is 5.78 Å². The van der Waals surface area contributed by atoms with Crippen LogP contribution in [0.4, 0.5) is 0 Å². The number of rotatable bonds is 3. The van der Waals surface area contributed by atoms with Crippen LogP contribution in [-0.2, 0) is 6.42 Å². The Bertz CT molecular complexity index is 279. The third-order valence-corrected chi connectivity index (χ3v) is 1.73. The number of carbonyl (C=O) groups excluding carboxylic acids is 1. The molecule has 0 heterocycles. The molecular weight excluding hydrogens is 152 g/mol. The van der Waals surface area contributed by atoms with Crippen molar-refractivity contribution in [2.75, 3.05) is 6.61 Å². The lowest BCUT2D eigenvalue weighted by Gasteiger charge is -1.99. The third kappa shape index (κ3) is 2.17. The van der Waals surface area contributed by atoms with E-state index in [1.165, 1.54) is 6.92 Å². The predicted molar refractivity (Wildman–Crippen MR) is 47.2 cm³/mol. The van der Waals surface area contributed by atoms with Gasteiger partial charge < -0.3 is 5.11 Å². The fourth-order valence-corrected chi connectivity index (χ4v) is 1.07. The smallest absolute Gasteiger partial charge is 0.159 e. The highest BCUT2D eigenvalue weighted by atomic mass is 16.2. The second-order valence-corrected chi connectivity index (χ2v) is 2.73. The molecule has 0 spiro atoms. The highest BCUT2D eigenvalue weighted by Gasteiger charge is 1.99. The van der Waals surface area contributed by atoms with Crippen LogP contribution >= 0.6 is 0 Å². The van der Waals surface area contributed by atoms with Gasteiger partial charge >= 0.3 is 0 Å². The van der Waals surface area contributed by atoms with Crippen molar-refractivity contribution in [3.8, 4) is 0 Å². The van der Waals surface area contributed by atoms with Crippen molar-refractivity contribution in [3.63, 3.8) is 0 Å². The summed E-state index contributed by atoms with van der Waals surface area (Å²) in [5.41, 5.74) is 1.71. The standard InChI is InChI=1S/C10H12O2/c1-8(12)10-4-2-3-9(7-10)5-6-11/h2-4,7,11H,5-6H2,1H3. The molecule has 0 unspecified atom stereocenters. The van der Waals surface area contributed by atoms with Gasteiger partial charge in [0.1, 0.15) is 0 Å². The molecule has 0 saturated carbocycles. The Kier molecular flexibility index (Phi) is 3.00. The SMILES string of the molecule is CC(=O)c1cccc(CCO)c1. The molecule has 1 aromatic rings. The number of benzene rings is 1. The predicted octanol–water partition coefficient (Wildman–Crippen LogP) is 1.42. The van der Waals surface area contributed by atoms with Crippen LogP contribution in [0.3, 0.4) is 0 Å². The fourth-order valence-electron chi connectivity index (χ4n) is 1.07. The van der Waals surface area contributed by atoms with Gasteiger partial charge in [0, 0.05) is 12.2 Å². The minimum atomic E-state index is 0.0646. The molecule has 2 heteroatoms. The molecule has 0 saturated heterocycles. The van der Waals surface area contributed by atoms with Crippen molar-refractivity contribution in [2.45, 2.75) is 13.3 Å². The molecule has 0 bridgehead atoms. The summed E-state index contributed by atoms with van der Waals surface area (Å²) >= 11 is 0. The minimum absolute atomic E-state index is 0.0646. The summed E-state index contributed by atoms with van der Waals surface area (Å²) in [6.07, 6.45) is 0.612. The van der Waals surface area contributed by atoms with Crippen LogP contribution in [0.5, 0.6) is 0 Å². The van der Waals surface area contributed by atoms with E-state index in [4.69, 9.17) is 5.11 Å². The van der Waals surface area contributed by atoms with Crippen molar-refractivity contribution in [3.05, 3.63) is 35.4 Å². The first kappa shape index (κ1) is 8.94. The van der Waals surface area contributed by atoms with E-state index in [9.17, 15) is 4.79 Å². The molecule has 1 aromatic carbocycles. The minimum Gasteiger partial charge on any atom is -0.396 e. The molecule has 0 atom stereocenters. The van der Waals surface area contributed by atoms with Gasteiger partial charge in [0.25, 0.3) is 0 Å². The Balaban J connectivity index is 2.88. The Labute approximate surface area is 71.8 Å². The maximum atomic E-state index is 10.9. The lowest BCUT2D eigenvalue weighted by Crippen LogP contribution is -1.95. The van der Waals surface area contributed by atoms with E-state index in [1.807, 2.05) is 18.2 Å². The molecule has 0 aromatic heterocycles. The van der Waals surface area contributed by atoms with Crippen LogP contribution in [0.2, 0.25) is 0 Å². The Morgan fingerprint density at radius 3 is 2.83 bits per heavy atom. The van der Waals surface area contributed by atoms with E-state index in [2.05, 4.69) is 0 Å². The molecule has 0 amide bonds. The van der Waals surface area contributed by atoms with Crippen LogP contribution < -0.4 is 0 Å². The number of aliphatic hydroxyl groups excluding tert-OH is 1. The van der Waals surface area contributed by atoms with E-state index in [1.54, 1.807) is 6.07 Å². The zero-order valence-electron chi connectivity index (χ0n) is 7.08. The van der Waals surface area contributed by atoms with Gasteiger partial charge in [-0.2, -0.15) is 0 Å². The second kappa shape index (κ2) is 4.02. The first-order chi connectivity index (χ1) is 5.74. The molecule has 2 nitrogen and oxygen atoms in total. The molecule has 0 radical (unpaired) electrons. The number of aliphatic hydroxyl groups is 1. The fraction of sp³-hybridized carbons (Fsp3) is 0.300. The average molecular weight is 164 g/mol. The highest BCUT2D eigenvalue weighted by Crippen LogP contribution is 2.06. The van der Waals surface area contributed by atoms with E-state index >= 15 is 0 Å². The van der Waals surface area contributed by atoms with E-state index in [0.29, 0.717) is 12.0 Å². The van der Waals surface area contributed by atoms with Crippen molar-refractivity contribution in [1.82, 2.24) is 0 Å². The largest absolute Gasteiger partial charge is 0.396 e. The van der Waals surface area contributed by atoms with E-state index in [-0.39, 0.29) is 12.4 Å². The van der Waals surface area contributed by atoms with Crippen molar-refractivity contribution in [1.29, 1.82) is 0 Å². The van der Waals surface area contributed by atoms with Gasteiger partial charge in [0.15, 0.2) is 5.78 Å². The van der Waals surface area contributed by atoms with E-state index in [0.717, 1.165) is 5.56 Å². The topological polar surface area (TPSA) is 37.3 Å². The summed E-state index contributed by atoms with van der Waals surface area (Å²) in [4.78, 5) is 10.9. The lowest BCUT2D eigenvalue weighted by atomic mass is 10.1. The number of ketones is 1. The van der Waals surface area contributed by atoms with Crippen LogP contribution in [0.25, 0.3) is 0 Å². The first-order valence-corrected chi connectivity index (χ1v) is 3.95. The van der Waals surface area contributed by atoms with E-state index < -0.39 is 0 Å². The third-order valence-electron chi connectivity index (χ3n) is 1.73. The van der Waals surface area contributed by atoms with Gasteiger partial charge in [0.05, 0.1) is 0 Å². The van der Waals surface area contributed by atoms with Gasteiger partial charge in [-0.1, -0.05) is 18.2 Å². The number of hydrogen-bond donors (Lipinski definition) is 1. The lowest BCUT2D eigenvalue weighted by molar-refractivity contribution is 0.101. The first-order valence-electron chi connectivity index (χ1n) is 3.95. The molecule has 0 aliphatic rings. The number of hydrogen-bond acceptors (Lipinski definition) is 2. The molecule has 0 fully saturated rings. The van der Waals surface area contributed by atoms with Crippen LogP contribution in [0, 0.1) is 0 Å². The summed E-state index contributed by atoms with van der Waals surface area (Å²) < 4.78 is 0. The normalized spacial score (nSPS) is 9.83. The zero-order valence-corrected chi connectivity index (χ0v) is 7.08. The summed E-state index contributed by atoms with van der Waals surface area (Å²) in [7, 11) is 0. The molecule has 64 valence electrons. The number of carbonyl (C=O) groups is 1. The Morgan fingerprint density at radius 2 is 2.25 bits per heavy atom. The zero-order chi connectivity index (χ0) is 8.97. The van der Waals surface area contributed by atoms with Gasteiger partial charge in [0.2, 0.25) is 0 Å². The van der Waals surface area contributed by atoms with Gasteiger partial charge in [-0.3, -0.25) is 4.79 Å². The maximum absolute atomic E-state index is 10.9. The van der Waals surface area contributed by atoms with Crippen molar-refractivity contribution < 1.29 is 9.90 Å². The monoisotopic (exact) mass is 164 g/mol. The molecule has 1 N–H and O–H groups in total. The Hall–Kier alpha value is -1.15. The van der Waals surface area contributed by atoms with Crippen molar-refractivity contribution in [2.24, 2.45) is 0 Å². The quantitative estimate of drug-likeness (QED) is 0.686. The average Bonchev–Trinajstić information content (AvgIpc) is 2.05. The van der Waals surface area contributed by atoms with Gasteiger partial charge in [-0.25, -0.2) is 0 Å². The van der Waals surface area contributed by atoms with Crippen LogP contribution in [-0.4, -0.2) is 17.5 Å². The molecule has 1 rings (SSSR count). The molecule has 12 heavy (non-hydrogen) atoms. The summed E-state index contributed by atoms with van der Waals surface area (Å²) in [6, 6.07) is 7.34. The summed E-state index contributed by atoms with van der Waals surface area (Å²) in [5.74, 6) is 0.0646. The molecule has 0 aliphatic heterocycles. The maximum Gasteiger partial charge on any atom is 0.159 e. The molecule has 0 aliphatic carbocycles. The van der Waals surface area contributed by atoms with Gasteiger partial charge in [-0.05, 0) is 25.0 Å². The summed E-state index contributed by atoms with van der Waals surface area (Å²) in [5, 5.41) is 8.66. The Morgan fingerprint density at radius 1 is 1.50 bits per heavy atom. The van der Waals surface area contributed by atoms with Crippen LogP contribution in [0.1, 0.15) is 22.8 Å². The van der Waals surface area contributed by atoms with Gasteiger partial charge in [-0.15, -0.1) is 0 Å². The molecular formula is C10H12O2.